The van der Waals surface area contributed by atoms with Crippen LogP contribution in [0.15, 0.2) is 42.5 Å². The van der Waals surface area contributed by atoms with Crippen LogP contribution in [0.1, 0.15) is 21.5 Å². The molecule has 0 heterocycles. The highest BCUT2D eigenvalue weighted by molar-refractivity contribution is 6.02. The quantitative estimate of drug-likeness (QED) is 0.741. The summed E-state index contributed by atoms with van der Waals surface area (Å²) in [5.74, 6) is -1.47. The lowest BCUT2D eigenvalue weighted by atomic mass is 10.1. The molecule has 0 bridgehead atoms. The molecule has 25 heavy (non-hydrogen) atoms. The van der Waals surface area contributed by atoms with Gasteiger partial charge in [0.15, 0.2) is 6.61 Å². The predicted molar refractivity (Wildman–Crippen MR) is 91.5 cm³/mol. The van der Waals surface area contributed by atoms with Crippen molar-refractivity contribution in [1.29, 1.82) is 0 Å². The summed E-state index contributed by atoms with van der Waals surface area (Å²) in [6, 6.07) is 10.1. The number of phenols is 1. The molecule has 2 aromatic rings. The molecular weight excluding hydrogens is 324 g/mol. The van der Waals surface area contributed by atoms with Crippen LogP contribution in [0.2, 0.25) is 0 Å². The van der Waals surface area contributed by atoms with Gasteiger partial charge >= 0.3 is 12.0 Å². The number of anilines is 1. The van der Waals surface area contributed by atoms with Gasteiger partial charge in [0.25, 0.3) is 5.91 Å². The molecule has 7 nitrogen and oxygen atoms in total. The second kappa shape index (κ2) is 7.96. The van der Waals surface area contributed by atoms with E-state index in [1.54, 1.807) is 12.1 Å². The van der Waals surface area contributed by atoms with Gasteiger partial charge in [0.05, 0.1) is 5.56 Å². The van der Waals surface area contributed by atoms with Gasteiger partial charge in [-0.3, -0.25) is 10.1 Å². The fourth-order valence-corrected chi connectivity index (χ4v) is 2.01. The first-order valence-electron chi connectivity index (χ1n) is 7.50. The highest BCUT2D eigenvalue weighted by atomic mass is 16.5. The Bertz CT molecular complexity index is 800. The van der Waals surface area contributed by atoms with Gasteiger partial charge in [-0.1, -0.05) is 12.1 Å². The molecule has 0 saturated carbocycles. The molecule has 0 aliphatic rings. The van der Waals surface area contributed by atoms with Gasteiger partial charge in [0.1, 0.15) is 5.75 Å². The van der Waals surface area contributed by atoms with Crippen LogP contribution in [0.25, 0.3) is 0 Å². The fourth-order valence-electron chi connectivity index (χ4n) is 2.01. The molecule has 0 saturated heterocycles. The molecular formula is C18H18N2O5. The Morgan fingerprint density at radius 2 is 1.72 bits per heavy atom. The zero-order chi connectivity index (χ0) is 18.4. The third-order valence-corrected chi connectivity index (χ3v) is 3.54. The zero-order valence-electron chi connectivity index (χ0n) is 13.8. The summed E-state index contributed by atoms with van der Waals surface area (Å²) in [6.45, 7) is 3.17. The van der Waals surface area contributed by atoms with E-state index in [-0.39, 0.29) is 11.3 Å². The minimum absolute atomic E-state index is 0.0115. The average Bonchev–Trinajstić information content (AvgIpc) is 2.57. The first-order chi connectivity index (χ1) is 11.9. The second-order valence-corrected chi connectivity index (χ2v) is 5.37. The molecule has 0 unspecified atom stereocenters. The summed E-state index contributed by atoms with van der Waals surface area (Å²) in [6.07, 6.45) is 0. The molecule has 0 atom stereocenters. The van der Waals surface area contributed by atoms with Crippen molar-refractivity contribution in [3.8, 4) is 5.75 Å². The zero-order valence-corrected chi connectivity index (χ0v) is 13.8. The van der Waals surface area contributed by atoms with Gasteiger partial charge in [-0.25, -0.2) is 9.59 Å². The number of imide groups is 1. The third kappa shape index (κ3) is 5.07. The molecule has 130 valence electrons. The lowest BCUT2D eigenvalue weighted by Gasteiger charge is -2.11. The van der Waals surface area contributed by atoms with Gasteiger partial charge in [-0.2, -0.15) is 0 Å². The van der Waals surface area contributed by atoms with Crippen molar-refractivity contribution >= 4 is 23.6 Å². The van der Waals surface area contributed by atoms with Gasteiger partial charge < -0.3 is 15.2 Å². The maximum Gasteiger partial charge on any atom is 0.338 e. The largest absolute Gasteiger partial charge is 0.508 e. The molecule has 0 aliphatic heterocycles. The van der Waals surface area contributed by atoms with Crippen LogP contribution < -0.4 is 10.6 Å². The molecule has 0 fully saturated rings. The molecule has 3 amide bonds. The van der Waals surface area contributed by atoms with Crippen LogP contribution in [0, 0.1) is 13.8 Å². The van der Waals surface area contributed by atoms with E-state index in [2.05, 4.69) is 10.6 Å². The van der Waals surface area contributed by atoms with E-state index >= 15 is 0 Å². The number of hydrogen-bond donors (Lipinski definition) is 3. The Hall–Kier alpha value is -3.35. The van der Waals surface area contributed by atoms with Crippen molar-refractivity contribution in [3.05, 3.63) is 59.2 Å². The maximum absolute atomic E-state index is 11.8. The Kier molecular flexibility index (Phi) is 5.73. The molecule has 0 aromatic heterocycles. The first-order valence-corrected chi connectivity index (χ1v) is 7.50. The topological polar surface area (TPSA) is 105 Å². The van der Waals surface area contributed by atoms with Crippen molar-refractivity contribution in [2.24, 2.45) is 0 Å². The summed E-state index contributed by atoms with van der Waals surface area (Å²) in [5, 5.41) is 13.8. The molecule has 3 N–H and O–H groups in total. The van der Waals surface area contributed by atoms with Crippen molar-refractivity contribution in [1.82, 2.24) is 5.32 Å². The number of hydrogen-bond acceptors (Lipinski definition) is 5. The minimum Gasteiger partial charge on any atom is -0.508 e. The van der Waals surface area contributed by atoms with Crippen LogP contribution >= 0.6 is 0 Å². The van der Waals surface area contributed by atoms with E-state index in [0.29, 0.717) is 5.69 Å². The molecule has 0 spiro atoms. The van der Waals surface area contributed by atoms with E-state index in [9.17, 15) is 14.4 Å². The van der Waals surface area contributed by atoms with E-state index in [4.69, 9.17) is 9.84 Å². The highest BCUT2D eigenvalue weighted by Gasteiger charge is 2.13. The fraction of sp³-hybridized carbons (Fsp3) is 0.167. The van der Waals surface area contributed by atoms with Gasteiger partial charge in [-0.05, 0) is 55.3 Å². The van der Waals surface area contributed by atoms with Crippen LogP contribution in [0.3, 0.4) is 0 Å². The molecule has 0 aliphatic carbocycles. The standard InChI is InChI=1S/C18H18N2O5/c1-11-4-3-5-15(12(11)2)19-18(24)20-16(22)10-25-17(23)13-6-8-14(21)9-7-13/h3-9,21H,10H2,1-2H3,(H2,19,20,22,24). The Morgan fingerprint density at radius 3 is 2.40 bits per heavy atom. The summed E-state index contributed by atoms with van der Waals surface area (Å²) < 4.78 is 4.81. The highest BCUT2D eigenvalue weighted by Crippen LogP contribution is 2.17. The van der Waals surface area contributed by atoms with Crippen LogP contribution in [-0.4, -0.2) is 29.6 Å². The number of rotatable bonds is 4. The summed E-state index contributed by atoms with van der Waals surface area (Å²) >= 11 is 0. The molecule has 2 aromatic carbocycles. The summed E-state index contributed by atoms with van der Waals surface area (Å²) in [7, 11) is 0. The average molecular weight is 342 g/mol. The number of ether oxygens (including phenoxy) is 1. The number of carbonyl (C=O) groups is 3. The van der Waals surface area contributed by atoms with Crippen molar-refractivity contribution < 1.29 is 24.2 Å². The van der Waals surface area contributed by atoms with Gasteiger partial charge in [-0.15, -0.1) is 0 Å². The Labute approximate surface area is 144 Å². The summed E-state index contributed by atoms with van der Waals surface area (Å²) in [4.78, 5) is 35.3. The molecule has 2 rings (SSSR count). The predicted octanol–water partition coefficient (Wildman–Crippen LogP) is 2.51. The number of aryl methyl sites for hydroxylation is 1. The summed E-state index contributed by atoms with van der Waals surface area (Å²) in [5.41, 5.74) is 2.67. The number of aromatic hydroxyl groups is 1. The molecule has 7 heteroatoms. The third-order valence-electron chi connectivity index (χ3n) is 3.54. The number of urea groups is 1. The van der Waals surface area contributed by atoms with E-state index < -0.39 is 24.5 Å². The van der Waals surface area contributed by atoms with Crippen molar-refractivity contribution in [2.45, 2.75) is 13.8 Å². The normalized spacial score (nSPS) is 10.0. The van der Waals surface area contributed by atoms with Gasteiger partial charge in [0, 0.05) is 5.69 Å². The van der Waals surface area contributed by atoms with Crippen molar-refractivity contribution in [2.75, 3.05) is 11.9 Å². The maximum atomic E-state index is 11.8. The number of carbonyl (C=O) groups excluding carboxylic acids is 3. The van der Waals surface area contributed by atoms with Crippen LogP contribution in [0.5, 0.6) is 5.75 Å². The van der Waals surface area contributed by atoms with E-state index in [1.807, 2.05) is 19.9 Å². The SMILES string of the molecule is Cc1cccc(NC(=O)NC(=O)COC(=O)c2ccc(O)cc2)c1C. The number of esters is 1. The number of amides is 3. The van der Waals surface area contributed by atoms with Gasteiger partial charge in [0.2, 0.25) is 0 Å². The second-order valence-electron chi connectivity index (χ2n) is 5.37. The number of benzene rings is 2. The molecule has 0 radical (unpaired) electrons. The Morgan fingerprint density at radius 1 is 1.04 bits per heavy atom. The van der Waals surface area contributed by atoms with E-state index in [0.717, 1.165) is 11.1 Å². The minimum atomic E-state index is -0.755. The Balaban J connectivity index is 1.83. The van der Waals surface area contributed by atoms with Crippen molar-refractivity contribution in [3.63, 3.8) is 0 Å². The number of phenolic OH excluding ortho intramolecular Hbond substituents is 1. The number of nitrogens with one attached hydrogen (secondary N) is 2. The lowest BCUT2D eigenvalue weighted by Crippen LogP contribution is -2.37. The van der Waals surface area contributed by atoms with Crippen LogP contribution in [-0.2, 0) is 9.53 Å². The lowest BCUT2D eigenvalue weighted by molar-refractivity contribution is -0.123. The first kappa shape index (κ1) is 18.0. The monoisotopic (exact) mass is 342 g/mol. The van der Waals surface area contributed by atoms with Crippen LogP contribution in [0.4, 0.5) is 10.5 Å². The van der Waals surface area contributed by atoms with E-state index in [1.165, 1.54) is 24.3 Å². The smallest absolute Gasteiger partial charge is 0.338 e.